The minimum atomic E-state index is -3.37. The maximum Gasteiger partial charge on any atom is 0.319 e. The summed E-state index contributed by atoms with van der Waals surface area (Å²) in [6, 6.07) is 5.29. The molecule has 124 valence electrons. The van der Waals surface area contributed by atoms with Crippen molar-refractivity contribution < 1.29 is 17.9 Å². The molecule has 0 saturated carbocycles. The molecule has 1 aliphatic rings. The lowest BCUT2D eigenvalue weighted by Crippen LogP contribution is -2.41. The maximum atomic E-state index is 12.5. The summed E-state index contributed by atoms with van der Waals surface area (Å²) in [6.07, 6.45) is 2.75. The normalized spacial score (nSPS) is 17.1. The van der Waals surface area contributed by atoms with E-state index >= 15 is 0 Å². The van der Waals surface area contributed by atoms with Gasteiger partial charge in [-0.3, -0.25) is 0 Å². The molecule has 0 unspecified atom stereocenters. The van der Waals surface area contributed by atoms with Gasteiger partial charge in [-0.05, 0) is 24.3 Å². The summed E-state index contributed by atoms with van der Waals surface area (Å²) in [7, 11) is -1.88. The summed E-state index contributed by atoms with van der Waals surface area (Å²) in [5, 5.41) is 1.77. The van der Waals surface area contributed by atoms with Gasteiger partial charge in [0.05, 0.1) is 7.11 Å². The van der Waals surface area contributed by atoms with E-state index in [1.54, 1.807) is 29.8 Å². The second kappa shape index (κ2) is 6.81. The Labute approximate surface area is 138 Å². The predicted octanol–water partition coefficient (Wildman–Crippen LogP) is 1.78. The van der Waals surface area contributed by atoms with Gasteiger partial charge >= 0.3 is 6.01 Å². The number of thiophene rings is 1. The fourth-order valence-electron chi connectivity index (χ4n) is 2.39. The van der Waals surface area contributed by atoms with Gasteiger partial charge in [0.15, 0.2) is 0 Å². The molecule has 1 fully saturated rings. The lowest BCUT2D eigenvalue weighted by Gasteiger charge is -2.30. The van der Waals surface area contributed by atoms with Gasteiger partial charge in [-0.2, -0.15) is 9.29 Å². The first-order valence-electron chi connectivity index (χ1n) is 7.17. The van der Waals surface area contributed by atoms with Gasteiger partial charge in [-0.15, -0.1) is 11.3 Å². The van der Waals surface area contributed by atoms with E-state index in [4.69, 9.17) is 9.47 Å². The fraction of sp³-hybridized carbons (Fsp3) is 0.429. The van der Waals surface area contributed by atoms with Crippen LogP contribution in [-0.2, 0) is 10.0 Å². The highest BCUT2D eigenvalue weighted by Crippen LogP contribution is 2.25. The molecule has 2 aromatic rings. The number of rotatable bonds is 5. The molecular formula is C14H17N3O4S2. The molecule has 0 N–H and O–H groups in total. The SMILES string of the molecule is COc1nccc(OC2CCN(S(=O)(=O)c3cccs3)CC2)n1. The van der Waals surface area contributed by atoms with Gasteiger partial charge in [0.1, 0.15) is 10.3 Å². The van der Waals surface area contributed by atoms with Crippen LogP contribution in [-0.4, -0.2) is 49.0 Å². The second-order valence-electron chi connectivity index (χ2n) is 5.03. The molecule has 0 aromatic carbocycles. The van der Waals surface area contributed by atoms with E-state index in [0.29, 0.717) is 36.0 Å². The van der Waals surface area contributed by atoms with E-state index in [1.807, 2.05) is 0 Å². The van der Waals surface area contributed by atoms with Crippen molar-refractivity contribution in [2.45, 2.75) is 23.2 Å². The monoisotopic (exact) mass is 355 g/mol. The number of sulfonamides is 1. The molecule has 1 saturated heterocycles. The third-order valence-electron chi connectivity index (χ3n) is 3.57. The van der Waals surface area contributed by atoms with Crippen molar-refractivity contribution >= 4 is 21.4 Å². The molecular weight excluding hydrogens is 338 g/mol. The Morgan fingerprint density at radius 1 is 1.30 bits per heavy atom. The molecule has 7 nitrogen and oxygen atoms in total. The third kappa shape index (κ3) is 3.62. The van der Waals surface area contributed by atoms with Crippen LogP contribution >= 0.6 is 11.3 Å². The highest BCUT2D eigenvalue weighted by Gasteiger charge is 2.30. The number of aromatic nitrogens is 2. The van der Waals surface area contributed by atoms with Crippen molar-refractivity contribution in [1.82, 2.24) is 14.3 Å². The van der Waals surface area contributed by atoms with E-state index in [-0.39, 0.29) is 12.1 Å². The lowest BCUT2D eigenvalue weighted by molar-refractivity contribution is 0.128. The zero-order valence-corrected chi connectivity index (χ0v) is 14.2. The minimum Gasteiger partial charge on any atom is -0.474 e. The van der Waals surface area contributed by atoms with E-state index in [9.17, 15) is 8.42 Å². The molecule has 2 aromatic heterocycles. The van der Waals surface area contributed by atoms with E-state index < -0.39 is 10.0 Å². The average Bonchev–Trinajstić information content (AvgIpc) is 3.11. The van der Waals surface area contributed by atoms with Crippen LogP contribution in [0.15, 0.2) is 34.0 Å². The Morgan fingerprint density at radius 2 is 2.09 bits per heavy atom. The topological polar surface area (TPSA) is 81.6 Å². The Morgan fingerprint density at radius 3 is 2.74 bits per heavy atom. The minimum absolute atomic E-state index is 0.0654. The van der Waals surface area contributed by atoms with Crippen molar-refractivity contribution in [1.29, 1.82) is 0 Å². The number of hydrogen-bond donors (Lipinski definition) is 0. The summed E-state index contributed by atoms with van der Waals surface area (Å²) in [6.45, 7) is 0.875. The van der Waals surface area contributed by atoms with Gasteiger partial charge in [0, 0.05) is 25.4 Å². The van der Waals surface area contributed by atoms with Gasteiger partial charge < -0.3 is 9.47 Å². The Hall–Kier alpha value is -1.71. The molecule has 0 aliphatic carbocycles. The van der Waals surface area contributed by atoms with Crippen molar-refractivity contribution in [3.05, 3.63) is 29.8 Å². The highest BCUT2D eigenvalue weighted by molar-refractivity contribution is 7.91. The molecule has 0 spiro atoms. The average molecular weight is 355 g/mol. The fourth-order valence-corrected chi connectivity index (χ4v) is 5.00. The lowest BCUT2D eigenvalue weighted by atomic mass is 10.1. The van der Waals surface area contributed by atoms with Gasteiger partial charge in [0.2, 0.25) is 5.88 Å². The first-order valence-corrected chi connectivity index (χ1v) is 9.49. The first-order chi connectivity index (χ1) is 11.1. The number of ether oxygens (including phenoxy) is 2. The zero-order valence-electron chi connectivity index (χ0n) is 12.6. The van der Waals surface area contributed by atoms with Crippen LogP contribution in [0.3, 0.4) is 0 Å². The molecule has 0 atom stereocenters. The molecule has 0 bridgehead atoms. The Balaban J connectivity index is 1.60. The van der Waals surface area contributed by atoms with E-state index in [1.165, 1.54) is 22.8 Å². The first kappa shape index (κ1) is 16.2. The van der Waals surface area contributed by atoms with Crippen molar-refractivity contribution in [2.24, 2.45) is 0 Å². The van der Waals surface area contributed by atoms with Crippen LogP contribution in [0.25, 0.3) is 0 Å². The Kier molecular flexibility index (Phi) is 4.79. The summed E-state index contributed by atoms with van der Waals surface area (Å²) < 4.78 is 37.6. The second-order valence-corrected chi connectivity index (χ2v) is 8.15. The molecule has 23 heavy (non-hydrogen) atoms. The molecule has 3 rings (SSSR count). The maximum absolute atomic E-state index is 12.5. The van der Waals surface area contributed by atoms with E-state index in [2.05, 4.69) is 9.97 Å². The summed E-state index contributed by atoms with van der Waals surface area (Å²) >= 11 is 1.24. The van der Waals surface area contributed by atoms with Gasteiger partial charge in [-0.1, -0.05) is 6.07 Å². The van der Waals surface area contributed by atoms with Crippen molar-refractivity contribution in [3.8, 4) is 11.9 Å². The third-order valence-corrected chi connectivity index (χ3v) is 6.84. The van der Waals surface area contributed by atoms with E-state index in [0.717, 1.165) is 0 Å². The zero-order chi connectivity index (χ0) is 16.3. The molecule has 0 radical (unpaired) electrons. The molecule has 9 heteroatoms. The van der Waals surface area contributed by atoms with Gasteiger partial charge in [0.25, 0.3) is 10.0 Å². The summed E-state index contributed by atoms with van der Waals surface area (Å²) in [5.41, 5.74) is 0. The van der Waals surface area contributed by atoms with Crippen LogP contribution in [0.5, 0.6) is 11.9 Å². The number of hydrogen-bond acceptors (Lipinski definition) is 7. The quantitative estimate of drug-likeness (QED) is 0.813. The van der Waals surface area contributed by atoms with Crippen LogP contribution in [0, 0.1) is 0 Å². The van der Waals surface area contributed by atoms with Crippen molar-refractivity contribution in [3.63, 3.8) is 0 Å². The largest absolute Gasteiger partial charge is 0.474 e. The smallest absolute Gasteiger partial charge is 0.319 e. The molecule has 3 heterocycles. The van der Waals surface area contributed by atoms with Crippen LogP contribution in [0.1, 0.15) is 12.8 Å². The molecule has 1 aliphatic heterocycles. The molecule has 0 amide bonds. The Bertz CT molecular complexity index is 741. The number of nitrogens with zero attached hydrogens (tertiary/aromatic N) is 3. The van der Waals surface area contributed by atoms with Gasteiger partial charge in [-0.25, -0.2) is 13.4 Å². The summed E-state index contributed by atoms with van der Waals surface area (Å²) in [5.74, 6) is 0.441. The number of piperidine rings is 1. The van der Waals surface area contributed by atoms with Crippen LogP contribution in [0.4, 0.5) is 0 Å². The van der Waals surface area contributed by atoms with Crippen LogP contribution < -0.4 is 9.47 Å². The highest BCUT2D eigenvalue weighted by atomic mass is 32.2. The van der Waals surface area contributed by atoms with Crippen LogP contribution in [0.2, 0.25) is 0 Å². The van der Waals surface area contributed by atoms with Crippen molar-refractivity contribution in [2.75, 3.05) is 20.2 Å². The summed E-state index contributed by atoms with van der Waals surface area (Å²) in [4.78, 5) is 8.03. The predicted molar refractivity (Wildman–Crippen MR) is 85.3 cm³/mol. The number of methoxy groups -OCH3 is 1. The standard InChI is InChI=1S/C14H17N3O4S2/c1-20-14-15-7-4-12(16-14)21-11-5-8-17(9-6-11)23(18,19)13-3-2-10-22-13/h2-4,7,10-11H,5-6,8-9H2,1H3.